The van der Waals surface area contributed by atoms with Crippen LogP contribution in [0.5, 0.6) is 11.5 Å². The second-order valence-corrected chi connectivity index (χ2v) is 10.7. The Morgan fingerprint density at radius 3 is 2.33 bits per heavy atom. The molecule has 3 N–H and O–H groups in total. The lowest BCUT2D eigenvalue weighted by atomic mass is 10.1. The first-order chi connectivity index (χ1) is 20.4. The summed E-state index contributed by atoms with van der Waals surface area (Å²) >= 11 is 5.19. The van der Waals surface area contributed by atoms with Crippen molar-refractivity contribution >= 4 is 40.8 Å². The fourth-order valence-electron chi connectivity index (χ4n) is 4.70. The number of pyridine rings is 1. The van der Waals surface area contributed by atoms with Gasteiger partial charge < -0.3 is 25.2 Å². The zero-order chi connectivity index (χ0) is 29.3. The first-order valence-corrected chi connectivity index (χ1v) is 14.4. The summed E-state index contributed by atoms with van der Waals surface area (Å²) in [5, 5.41) is 8.28. The molecule has 220 valence electrons. The first kappa shape index (κ1) is 29.4. The van der Waals surface area contributed by atoms with Gasteiger partial charge in [0.05, 0.1) is 6.42 Å². The van der Waals surface area contributed by atoms with Gasteiger partial charge in [0.15, 0.2) is 16.7 Å². The van der Waals surface area contributed by atoms with Crippen molar-refractivity contribution in [3.63, 3.8) is 0 Å². The first-order valence-electron chi connectivity index (χ1n) is 14.0. The highest BCUT2D eigenvalue weighted by Gasteiger charge is 2.23. The molecular weight excluding hydrogens is 557 g/mol. The SMILES string of the molecule is O=C(Cc1ccccc1)NC(=S)Nc1ccc(Oc2ccnc(NC(=O)N3CCN(CCN4CCC4)CC3)c2)c(F)c1. The molecule has 3 amide bonds. The Labute approximate surface area is 249 Å². The number of amides is 3. The van der Waals surface area contributed by atoms with Crippen molar-refractivity contribution in [1.82, 2.24) is 25.0 Å². The number of aromatic nitrogens is 1. The van der Waals surface area contributed by atoms with E-state index < -0.39 is 5.82 Å². The van der Waals surface area contributed by atoms with Crippen LogP contribution in [0.2, 0.25) is 0 Å². The third-order valence-electron chi connectivity index (χ3n) is 7.19. The summed E-state index contributed by atoms with van der Waals surface area (Å²) in [6, 6.07) is 16.4. The minimum absolute atomic E-state index is 0.0163. The molecule has 0 atom stereocenters. The molecular formula is C30H34FN7O3S. The van der Waals surface area contributed by atoms with Gasteiger partial charge in [-0.15, -0.1) is 0 Å². The zero-order valence-electron chi connectivity index (χ0n) is 23.2. The van der Waals surface area contributed by atoms with E-state index in [1.807, 2.05) is 30.3 Å². The van der Waals surface area contributed by atoms with Gasteiger partial charge in [-0.3, -0.25) is 15.0 Å². The van der Waals surface area contributed by atoms with Crippen LogP contribution in [-0.2, 0) is 11.2 Å². The quantitative estimate of drug-likeness (QED) is 0.322. The van der Waals surface area contributed by atoms with Crippen LogP contribution >= 0.6 is 12.2 Å². The second kappa shape index (κ2) is 14.2. The number of halogens is 1. The van der Waals surface area contributed by atoms with E-state index in [0.29, 0.717) is 30.3 Å². The number of thiocarbonyl (C=S) groups is 1. The maximum atomic E-state index is 14.8. The van der Waals surface area contributed by atoms with Crippen molar-refractivity contribution in [2.24, 2.45) is 0 Å². The van der Waals surface area contributed by atoms with E-state index in [1.165, 1.54) is 37.8 Å². The minimum Gasteiger partial charge on any atom is -0.454 e. The number of ether oxygens (including phenoxy) is 1. The summed E-state index contributed by atoms with van der Waals surface area (Å²) in [7, 11) is 0. The van der Waals surface area contributed by atoms with E-state index in [1.54, 1.807) is 23.1 Å². The predicted octanol–water partition coefficient (Wildman–Crippen LogP) is 3.92. The van der Waals surface area contributed by atoms with Gasteiger partial charge in [0.25, 0.3) is 0 Å². The number of likely N-dealkylation sites (tertiary alicyclic amines) is 1. The molecule has 5 rings (SSSR count). The molecule has 12 heteroatoms. The normalized spacial score (nSPS) is 15.4. The molecule has 2 aliphatic heterocycles. The van der Waals surface area contributed by atoms with Gasteiger partial charge >= 0.3 is 6.03 Å². The number of carbonyl (C=O) groups excluding carboxylic acids is 2. The zero-order valence-corrected chi connectivity index (χ0v) is 24.0. The molecule has 2 aliphatic rings. The highest BCUT2D eigenvalue weighted by molar-refractivity contribution is 7.80. The number of rotatable bonds is 9. The fourth-order valence-corrected chi connectivity index (χ4v) is 4.93. The Morgan fingerprint density at radius 1 is 0.905 bits per heavy atom. The lowest BCUT2D eigenvalue weighted by molar-refractivity contribution is -0.119. The van der Waals surface area contributed by atoms with Crippen LogP contribution < -0.4 is 20.7 Å². The van der Waals surface area contributed by atoms with Gasteiger partial charge in [-0.25, -0.2) is 14.2 Å². The molecule has 0 radical (unpaired) electrons. The van der Waals surface area contributed by atoms with E-state index in [2.05, 4.69) is 30.7 Å². The molecule has 2 saturated heterocycles. The lowest BCUT2D eigenvalue weighted by Gasteiger charge is -2.37. The van der Waals surface area contributed by atoms with Crippen LogP contribution in [0.25, 0.3) is 0 Å². The van der Waals surface area contributed by atoms with Crippen molar-refractivity contribution in [3.05, 3.63) is 78.2 Å². The van der Waals surface area contributed by atoms with Gasteiger partial charge in [0, 0.05) is 63.3 Å². The monoisotopic (exact) mass is 591 g/mol. The Morgan fingerprint density at radius 2 is 1.64 bits per heavy atom. The molecule has 0 bridgehead atoms. The van der Waals surface area contributed by atoms with Gasteiger partial charge in [0.1, 0.15) is 11.6 Å². The molecule has 0 spiro atoms. The number of nitrogens with one attached hydrogen (secondary N) is 3. The molecule has 10 nitrogen and oxygen atoms in total. The van der Waals surface area contributed by atoms with Crippen LogP contribution in [0.15, 0.2) is 66.9 Å². The minimum atomic E-state index is -0.632. The largest absolute Gasteiger partial charge is 0.454 e. The van der Waals surface area contributed by atoms with Crippen molar-refractivity contribution in [3.8, 4) is 11.5 Å². The number of hydrogen-bond donors (Lipinski definition) is 3. The molecule has 42 heavy (non-hydrogen) atoms. The van der Waals surface area contributed by atoms with Crippen LogP contribution in [0, 0.1) is 5.82 Å². The summed E-state index contributed by atoms with van der Waals surface area (Å²) < 4.78 is 20.6. The summed E-state index contributed by atoms with van der Waals surface area (Å²) in [5.41, 5.74) is 1.21. The third kappa shape index (κ3) is 8.44. The summed E-state index contributed by atoms with van der Waals surface area (Å²) in [6.45, 7) is 7.48. The molecule has 1 aromatic heterocycles. The number of urea groups is 1. The van der Waals surface area contributed by atoms with Gasteiger partial charge in [-0.2, -0.15) is 0 Å². The predicted molar refractivity (Wildman–Crippen MR) is 163 cm³/mol. The van der Waals surface area contributed by atoms with Crippen LogP contribution in [0.3, 0.4) is 0 Å². The second-order valence-electron chi connectivity index (χ2n) is 10.2. The van der Waals surface area contributed by atoms with Crippen LogP contribution in [-0.4, -0.2) is 89.1 Å². The van der Waals surface area contributed by atoms with Crippen molar-refractivity contribution in [1.29, 1.82) is 0 Å². The lowest BCUT2D eigenvalue weighted by Crippen LogP contribution is -2.52. The average molecular weight is 592 g/mol. The van der Waals surface area contributed by atoms with E-state index in [-0.39, 0.29) is 29.2 Å². The Hall–Kier alpha value is -4.13. The number of nitrogens with zero attached hydrogens (tertiary/aromatic N) is 4. The van der Waals surface area contributed by atoms with Crippen molar-refractivity contribution in [2.45, 2.75) is 12.8 Å². The van der Waals surface area contributed by atoms with E-state index >= 15 is 0 Å². The Kier molecular flexibility index (Phi) is 9.90. The van der Waals surface area contributed by atoms with Gasteiger partial charge in [-0.05, 0) is 55.5 Å². The maximum Gasteiger partial charge on any atom is 0.323 e. The summed E-state index contributed by atoms with van der Waals surface area (Å²) in [4.78, 5) is 35.8. The Bertz CT molecular complexity index is 1400. The number of anilines is 2. The number of piperazine rings is 1. The highest BCUT2D eigenvalue weighted by atomic mass is 32.1. The molecule has 3 aromatic rings. The average Bonchev–Trinajstić information content (AvgIpc) is 2.94. The number of benzene rings is 2. The number of carbonyl (C=O) groups is 2. The molecule has 2 fully saturated rings. The smallest absolute Gasteiger partial charge is 0.323 e. The fraction of sp³-hybridized carbons (Fsp3) is 0.333. The van der Waals surface area contributed by atoms with E-state index in [9.17, 15) is 14.0 Å². The van der Waals surface area contributed by atoms with Crippen molar-refractivity contribution in [2.75, 3.05) is 63.0 Å². The van der Waals surface area contributed by atoms with Crippen LogP contribution in [0.4, 0.5) is 20.7 Å². The Balaban J connectivity index is 1.08. The summed E-state index contributed by atoms with van der Waals surface area (Å²) in [6.07, 6.45) is 2.96. The van der Waals surface area contributed by atoms with Crippen molar-refractivity contribution < 1.29 is 18.7 Å². The molecule has 0 unspecified atom stereocenters. The van der Waals surface area contributed by atoms with Gasteiger partial charge in [-0.1, -0.05) is 30.3 Å². The van der Waals surface area contributed by atoms with Crippen LogP contribution in [0.1, 0.15) is 12.0 Å². The topological polar surface area (TPSA) is 102 Å². The maximum absolute atomic E-state index is 14.8. The third-order valence-corrected chi connectivity index (χ3v) is 7.39. The standard InChI is InChI=1S/C30H34FN7O3S/c31-25-20-23(33-29(42)35-28(39)19-22-5-2-1-3-6-22)7-8-26(25)41-24-9-10-32-27(21-24)34-30(40)38-17-15-37(16-18-38)14-13-36-11-4-12-36/h1-3,5-10,20-21H,4,11-19H2,(H,32,34,40)(H2,33,35,39,42). The molecule has 2 aromatic carbocycles. The summed E-state index contributed by atoms with van der Waals surface area (Å²) in [5.74, 6) is -0.294. The molecule has 0 aliphatic carbocycles. The molecule has 3 heterocycles. The van der Waals surface area contributed by atoms with E-state index in [4.69, 9.17) is 17.0 Å². The van der Waals surface area contributed by atoms with E-state index in [0.717, 1.165) is 31.7 Å². The molecule has 0 saturated carbocycles. The number of hydrogen-bond acceptors (Lipinski definition) is 7. The van der Waals surface area contributed by atoms with Gasteiger partial charge in [0.2, 0.25) is 5.91 Å². The highest BCUT2D eigenvalue weighted by Crippen LogP contribution is 2.28.